The van der Waals surface area contributed by atoms with Crippen LogP contribution in [-0.4, -0.2) is 40.1 Å². The second kappa shape index (κ2) is 9.85. The van der Waals surface area contributed by atoms with Gasteiger partial charge in [-0.1, -0.05) is 47.6 Å². The summed E-state index contributed by atoms with van der Waals surface area (Å²) in [7, 11) is 0. The van der Waals surface area contributed by atoms with Gasteiger partial charge in [0, 0.05) is 0 Å². The Balaban J connectivity index is 1.40. The molecule has 0 bridgehead atoms. The smallest absolute Gasteiger partial charge is 0.316 e. The molecule has 0 radical (unpaired) electrons. The summed E-state index contributed by atoms with van der Waals surface area (Å²) >= 11 is 7.05. The van der Waals surface area contributed by atoms with Gasteiger partial charge in [0.2, 0.25) is 0 Å². The highest BCUT2D eigenvalue weighted by molar-refractivity contribution is 7.99. The Morgan fingerprint density at radius 1 is 1.00 bits per heavy atom. The van der Waals surface area contributed by atoms with Crippen LogP contribution in [0.15, 0.2) is 59.8 Å². The maximum Gasteiger partial charge on any atom is 0.316 e. The van der Waals surface area contributed by atoms with Crippen LogP contribution >= 0.6 is 23.4 Å². The third kappa shape index (κ3) is 5.90. The van der Waals surface area contributed by atoms with Crippen molar-refractivity contribution in [2.45, 2.75) is 5.03 Å². The first-order valence-corrected chi connectivity index (χ1v) is 9.73. The fourth-order valence-corrected chi connectivity index (χ4v) is 3.07. The largest absolute Gasteiger partial charge is 0.455 e. The van der Waals surface area contributed by atoms with E-state index in [0.717, 1.165) is 22.8 Å². The van der Waals surface area contributed by atoms with Crippen LogP contribution in [0, 0.1) is 0 Å². The van der Waals surface area contributed by atoms with Crippen molar-refractivity contribution in [2.24, 2.45) is 0 Å². The van der Waals surface area contributed by atoms with E-state index in [1.165, 1.54) is 6.07 Å². The first-order valence-electron chi connectivity index (χ1n) is 8.37. The molecule has 0 atom stereocenters. The molecule has 2 aromatic carbocycles. The maximum atomic E-state index is 11.9. The number of hydrazine groups is 1. The third-order valence-corrected chi connectivity index (χ3v) is 4.76. The van der Waals surface area contributed by atoms with Crippen LogP contribution in [0.25, 0.3) is 11.0 Å². The Morgan fingerprint density at radius 3 is 2.52 bits per heavy atom. The number of thioether (sulfide) groups is 1. The normalized spacial score (nSPS) is 10.4. The first-order chi connectivity index (χ1) is 14.0. The number of nitrogens with zero attached hydrogens (tertiary/aromatic N) is 2. The van der Waals surface area contributed by atoms with Gasteiger partial charge in [-0.05, 0) is 24.3 Å². The van der Waals surface area contributed by atoms with Gasteiger partial charge >= 0.3 is 5.97 Å². The fraction of sp³-hybridized carbons (Fsp3) is 0.105. The summed E-state index contributed by atoms with van der Waals surface area (Å²) in [4.78, 5) is 44.1. The molecule has 1 heterocycles. The number of hydrogen-bond donors (Lipinski definition) is 2. The van der Waals surface area contributed by atoms with Gasteiger partial charge in [-0.25, -0.2) is 4.98 Å². The van der Waals surface area contributed by atoms with Crippen LogP contribution in [0.4, 0.5) is 0 Å². The molecule has 0 fully saturated rings. The lowest BCUT2D eigenvalue weighted by Gasteiger charge is -2.09. The average Bonchev–Trinajstić information content (AvgIpc) is 2.74. The van der Waals surface area contributed by atoms with E-state index in [-0.39, 0.29) is 16.3 Å². The molecule has 2 N–H and O–H groups in total. The topological polar surface area (TPSA) is 110 Å². The van der Waals surface area contributed by atoms with Crippen LogP contribution < -0.4 is 10.9 Å². The number of carbonyl (C=O) groups is 3. The van der Waals surface area contributed by atoms with E-state index in [1.54, 1.807) is 24.4 Å². The number of carbonyl (C=O) groups excluding carboxylic acids is 3. The number of amides is 2. The molecule has 8 nitrogen and oxygen atoms in total. The predicted octanol–water partition coefficient (Wildman–Crippen LogP) is 2.38. The van der Waals surface area contributed by atoms with Crippen LogP contribution in [0.2, 0.25) is 5.02 Å². The number of nitrogens with one attached hydrogen (secondary N) is 2. The number of fused-ring (bicyclic) bond motifs is 1. The molecule has 0 aliphatic heterocycles. The zero-order chi connectivity index (χ0) is 20.6. The quantitative estimate of drug-likeness (QED) is 0.351. The summed E-state index contributed by atoms with van der Waals surface area (Å²) in [6, 6.07) is 13.8. The van der Waals surface area contributed by atoms with E-state index in [9.17, 15) is 14.4 Å². The molecule has 148 valence electrons. The van der Waals surface area contributed by atoms with Crippen molar-refractivity contribution in [1.82, 2.24) is 20.8 Å². The molecule has 0 saturated heterocycles. The van der Waals surface area contributed by atoms with Gasteiger partial charge in [0.1, 0.15) is 5.03 Å². The summed E-state index contributed by atoms with van der Waals surface area (Å²) in [6.45, 7) is -0.536. The number of esters is 1. The predicted molar refractivity (Wildman–Crippen MR) is 108 cm³/mol. The fourth-order valence-electron chi connectivity index (χ4n) is 2.21. The summed E-state index contributed by atoms with van der Waals surface area (Å²) in [5, 5.41) is 0.816. The zero-order valence-electron chi connectivity index (χ0n) is 14.9. The molecule has 10 heteroatoms. The van der Waals surface area contributed by atoms with Gasteiger partial charge < -0.3 is 4.74 Å². The second-order valence-corrected chi connectivity index (χ2v) is 7.03. The van der Waals surface area contributed by atoms with Crippen molar-refractivity contribution >= 4 is 52.2 Å². The lowest BCUT2D eigenvalue weighted by atomic mass is 10.2. The molecule has 29 heavy (non-hydrogen) atoms. The Kier molecular flexibility index (Phi) is 6.99. The van der Waals surface area contributed by atoms with Gasteiger partial charge in [0.15, 0.2) is 6.61 Å². The van der Waals surface area contributed by atoms with Crippen LogP contribution in [0.5, 0.6) is 0 Å². The standard InChI is InChI=1S/C19H15ClN4O4S/c20-13-6-2-1-5-12(13)19(27)24-23-16(25)10-28-18(26)11-29-17-9-21-14-7-3-4-8-15(14)22-17/h1-9H,10-11H2,(H,23,25)(H,24,27). The number of benzene rings is 2. The number of halogens is 1. The second-order valence-electron chi connectivity index (χ2n) is 5.63. The molecule has 0 aliphatic carbocycles. The van der Waals surface area contributed by atoms with Gasteiger partial charge in [-0.3, -0.25) is 30.2 Å². The summed E-state index contributed by atoms with van der Waals surface area (Å²) < 4.78 is 4.88. The monoisotopic (exact) mass is 430 g/mol. The number of ether oxygens (including phenoxy) is 1. The van der Waals surface area contributed by atoms with Gasteiger partial charge in [0.25, 0.3) is 11.8 Å². The van der Waals surface area contributed by atoms with E-state index in [4.69, 9.17) is 16.3 Å². The van der Waals surface area contributed by atoms with Gasteiger partial charge in [-0.15, -0.1) is 0 Å². The van der Waals surface area contributed by atoms with E-state index in [1.807, 2.05) is 24.3 Å². The molecular formula is C19H15ClN4O4S. The third-order valence-electron chi connectivity index (χ3n) is 3.56. The first kappa shape index (κ1) is 20.6. The number of para-hydroxylation sites is 2. The average molecular weight is 431 g/mol. The summed E-state index contributed by atoms with van der Waals surface area (Å²) in [6.07, 6.45) is 1.57. The van der Waals surface area contributed by atoms with E-state index >= 15 is 0 Å². The molecule has 1 aromatic heterocycles. The Hall–Kier alpha value is -3.17. The lowest BCUT2D eigenvalue weighted by Crippen LogP contribution is -2.43. The highest BCUT2D eigenvalue weighted by Gasteiger charge is 2.12. The van der Waals surface area contributed by atoms with Crippen molar-refractivity contribution < 1.29 is 19.1 Å². The molecule has 0 saturated carbocycles. The van der Waals surface area contributed by atoms with Crippen LogP contribution in [-0.2, 0) is 14.3 Å². The molecule has 2 amide bonds. The molecule has 0 spiro atoms. The van der Waals surface area contributed by atoms with Crippen LogP contribution in [0.1, 0.15) is 10.4 Å². The maximum absolute atomic E-state index is 11.9. The van der Waals surface area contributed by atoms with Crippen LogP contribution in [0.3, 0.4) is 0 Å². The number of aromatic nitrogens is 2. The lowest BCUT2D eigenvalue weighted by molar-refractivity contribution is -0.146. The van der Waals surface area contributed by atoms with Crippen molar-refractivity contribution in [3.05, 3.63) is 65.3 Å². The molecule has 0 aliphatic rings. The minimum absolute atomic E-state index is 0.0354. The van der Waals surface area contributed by atoms with E-state index in [2.05, 4.69) is 20.8 Å². The minimum atomic E-state index is -0.686. The van der Waals surface area contributed by atoms with Crippen molar-refractivity contribution in [2.75, 3.05) is 12.4 Å². The molecule has 3 rings (SSSR count). The summed E-state index contributed by atoms with van der Waals surface area (Å²) in [5.74, 6) is -1.90. The van der Waals surface area contributed by atoms with Gasteiger partial charge in [0.05, 0.1) is 33.6 Å². The van der Waals surface area contributed by atoms with E-state index in [0.29, 0.717) is 5.03 Å². The molecule has 3 aromatic rings. The summed E-state index contributed by atoms with van der Waals surface area (Å²) in [5.41, 5.74) is 6.04. The SMILES string of the molecule is O=C(COC(=O)CSc1cnc2ccccc2n1)NNC(=O)c1ccccc1Cl. The zero-order valence-corrected chi connectivity index (χ0v) is 16.5. The Labute approximate surface area is 175 Å². The number of hydrogen-bond acceptors (Lipinski definition) is 7. The Bertz CT molecular complexity index is 1060. The van der Waals surface area contributed by atoms with Crippen molar-refractivity contribution in [1.29, 1.82) is 0 Å². The highest BCUT2D eigenvalue weighted by atomic mass is 35.5. The molecule has 0 unspecified atom stereocenters. The van der Waals surface area contributed by atoms with Gasteiger partial charge in [-0.2, -0.15) is 0 Å². The highest BCUT2D eigenvalue weighted by Crippen LogP contribution is 2.18. The number of rotatable bonds is 6. The minimum Gasteiger partial charge on any atom is -0.455 e. The Morgan fingerprint density at radius 2 is 1.72 bits per heavy atom. The van der Waals surface area contributed by atoms with Crippen molar-refractivity contribution in [3.8, 4) is 0 Å². The molecular weight excluding hydrogens is 416 g/mol. The van der Waals surface area contributed by atoms with E-state index < -0.39 is 24.4 Å². The van der Waals surface area contributed by atoms with Crippen molar-refractivity contribution in [3.63, 3.8) is 0 Å².